The van der Waals surface area contributed by atoms with Gasteiger partial charge in [0.05, 0.1) is 0 Å². The maximum Gasteiger partial charge on any atom is 0.332 e. The number of fused-ring (bicyclic) bond motifs is 3. The number of aromatic nitrogens is 4. The van der Waals surface area contributed by atoms with Crippen LogP contribution in [-0.4, -0.2) is 75.4 Å². The molecule has 0 saturated carbocycles. The number of amides is 1. The topological polar surface area (TPSA) is 107 Å². The number of aryl methyl sites for hydroxylation is 2. The SMILES string of the molecule is CCCn1c(=O)c2c(nc3n2CCCN3CCc2ccc(OCC(=O)NCCCN3CCCC3)cc2)n(CCC)c1=O. The second-order valence-corrected chi connectivity index (χ2v) is 11.4. The summed E-state index contributed by atoms with van der Waals surface area (Å²) in [4.78, 5) is 48.2. The zero-order chi connectivity index (χ0) is 29.5. The zero-order valence-corrected chi connectivity index (χ0v) is 25.1. The molecule has 0 unspecified atom stereocenters. The standard InChI is InChI=1S/C31H45N7O4/c1-3-15-37-28-27(29(40)38(16-4-2)31(37)41)36-21-8-20-35(30(36)33-28)22-13-24-9-11-25(12-10-24)42-23-26(39)32-14-7-19-34-17-5-6-18-34/h9-12H,3-8,13-23H2,1-2H3,(H,32,39). The minimum Gasteiger partial charge on any atom is -0.484 e. The van der Waals surface area contributed by atoms with E-state index < -0.39 is 0 Å². The van der Waals surface area contributed by atoms with Crippen LogP contribution < -0.4 is 26.2 Å². The fourth-order valence-electron chi connectivity index (χ4n) is 6.06. The fraction of sp³-hybridized carbons (Fsp3) is 0.613. The molecule has 0 aliphatic carbocycles. The van der Waals surface area contributed by atoms with Gasteiger partial charge in [-0.05, 0) is 82.3 Å². The van der Waals surface area contributed by atoms with Crippen molar-refractivity contribution < 1.29 is 9.53 Å². The summed E-state index contributed by atoms with van der Waals surface area (Å²) >= 11 is 0. The van der Waals surface area contributed by atoms with Crippen molar-refractivity contribution >= 4 is 23.0 Å². The van der Waals surface area contributed by atoms with Crippen molar-refractivity contribution in [3.8, 4) is 5.75 Å². The Morgan fingerprint density at radius 2 is 1.64 bits per heavy atom. The van der Waals surface area contributed by atoms with Gasteiger partial charge in [-0.15, -0.1) is 0 Å². The highest BCUT2D eigenvalue weighted by atomic mass is 16.5. The lowest BCUT2D eigenvalue weighted by molar-refractivity contribution is -0.123. The van der Waals surface area contributed by atoms with Crippen LogP contribution in [0.25, 0.3) is 11.2 Å². The molecule has 3 aromatic rings. The Labute approximate surface area is 247 Å². The number of carbonyl (C=O) groups is 1. The third-order valence-electron chi connectivity index (χ3n) is 8.22. The zero-order valence-electron chi connectivity index (χ0n) is 25.1. The summed E-state index contributed by atoms with van der Waals surface area (Å²) in [7, 11) is 0. The Balaban J connectivity index is 1.18. The van der Waals surface area contributed by atoms with Crippen LogP contribution >= 0.6 is 0 Å². The molecular formula is C31H45N7O4. The number of benzene rings is 1. The van der Waals surface area contributed by atoms with Gasteiger partial charge >= 0.3 is 5.69 Å². The average molecular weight is 580 g/mol. The van der Waals surface area contributed by atoms with Gasteiger partial charge in [-0.2, -0.15) is 4.98 Å². The second-order valence-electron chi connectivity index (χ2n) is 11.4. The van der Waals surface area contributed by atoms with Gasteiger partial charge in [0.2, 0.25) is 5.95 Å². The average Bonchev–Trinajstić information content (AvgIpc) is 3.66. The number of ether oxygens (including phenoxy) is 1. The van der Waals surface area contributed by atoms with Crippen LogP contribution in [0, 0.1) is 0 Å². The number of likely N-dealkylation sites (tertiary alicyclic amines) is 1. The summed E-state index contributed by atoms with van der Waals surface area (Å²) in [5.74, 6) is 1.33. The van der Waals surface area contributed by atoms with Crippen LogP contribution in [-0.2, 0) is 30.8 Å². The maximum atomic E-state index is 13.4. The molecule has 1 N–H and O–H groups in total. The summed E-state index contributed by atoms with van der Waals surface area (Å²) in [6, 6.07) is 7.86. The molecule has 11 nitrogen and oxygen atoms in total. The van der Waals surface area contributed by atoms with E-state index in [1.165, 1.54) is 30.5 Å². The molecule has 1 aromatic carbocycles. The van der Waals surface area contributed by atoms with Crippen LogP contribution in [0.3, 0.4) is 0 Å². The summed E-state index contributed by atoms with van der Waals surface area (Å²) in [6.45, 7) is 11.3. The normalized spacial score (nSPS) is 15.3. The van der Waals surface area contributed by atoms with Crippen molar-refractivity contribution in [2.24, 2.45) is 0 Å². The first-order chi connectivity index (χ1) is 20.5. The molecule has 0 atom stereocenters. The number of anilines is 1. The molecule has 4 heterocycles. The van der Waals surface area contributed by atoms with Crippen molar-refractivity contribution in [2.75, 3.05) is 50.8 Å². The van der Waals surface area contributed by atoms with Crippen molar-refractivity contribution in [3.63, 3.8) is 0 Å². The molecular weight excluding hydrogens is 534 g/mol. The van der Waals surface area contributed by atoms with Gasteiger partial charge in [-0.3, -0.25) is 18.7 Å². The minimum absolute atomic E-state index is 0.0100. The summed E-state index contributed by atoms with van der Waals surface area (Å²) in [5.41, 5.74) is 1.67. The third-order valence-corrected chi connectivity index (χ3v) is 8.22. The lowest BCUT2D eigenvalue weighted by Crippen LogP contribution is -2.41. The van der Waals surface area contributed by atoms with Gasteiger partial charge in [0.15, 0.2) is 17.8 Å². The van der Waals surface area contributed by atoms with E-state index in [0.717, 1.165) is 63.3 Å². The highest BCUT2D eigenvalue weighted by Crippen LogP contribution is 2.25. The van der Waals surface area contributed by atoms with E-state index in [1.54, 1.807) is 4.57 Å². The van der Waals surface area contributed by atoms with Gasteiger partial charge < -0.3 is 24.4 Å². The molecule has 2 aromatic heterocycles. The van der Waals surface area contributed by atoms with E-state index in [0.29, 0.717) is 43.1 Å². The van der Waals surface area contributed by atoms with E-state index >= 15 is 0 Å². The molecule has 228 valence electrons. The molecule has 0 bridgehead atoms. The third kappa shape index (κ3) is 6.72. The number of nitrogens with zero attached hydrogens (tertiary/aromatic N) is 6. The molecule has 5 rings (SSSR count). The first-order valence-electron chi connectivity index (χ1n) is 15.7. The van der Waals surface area contributed by atoms with Crippen molar-refractivity contribution in [1.29, 1.82) is 0 Å². The molecule has 2 aliphatic heterocycles. The van der Waals surface area contributed by atoms with Crippen molar-refractivity contribution in [1.82, 2.24) is 28.9 Å². The Bertz CT molecular complexity index is 1470. The van der Waals surface area contributed by atoms with Crippen molar-refractivity contribution in [3.05, 3.63) is 50.7 Å². The number of nitrogens with one attached hydrogen (secondary N) is 1. The molecule has 1 amide bonds. The highest BCUT2D eigenvalue weighted by molar-refractivity contribution is 5.77. The summed E-state index contributed by atoms with van der Waals surface area (Å²) in [5, 5.41) is 2.95. The molecule has 0 spiro atoms. The van der Waals surface area contributed by atoms with Gasteiger partial charge in [0.25, 0.3) is 11.5 Å². The van der Waals surface area contributed by atoms with E-state index in [-0.39, 0.29) is 23.8 Å². The number of imidazole rings is 1. The molecule has 11 heteroatoms. The fourth-order valence-corrected chi connectivity index (χ4v) is 6.06. The molecule has 1 saturated heterocycles. The predicted octanol–water partition coefficient (Wildman–Crippen LogP) is 2.61. The van der Waals surface area contributed by atoms with Crippen molar-refractivity contribution in [2.45, 2.75) is 78.4 Å². The quantitative estimate of drug-likeness (QED) is 0.293. The van der Waals surface area contributed by atoms with Gasteiger partial charge in [-0.25, -0.2) is 4.79 Å². The van der Waals surface area contributed by atoms with Gasteiger partial charge in [0, 0.05) is 39.3 Å². The molecule has 0 radical (unpaired) electrons. The first kappa shape index (κ1) is 29.9. The Morgan fingerprint density at radius 1 is 0.905 bits per heavy atom. The minimum atomic E-state index is -0.268. The number of carbonyl (C=O) groups excluding carboxylic acids is 1. The smallest absolute Gasteiger partial charge is 0.332 e. The van der Waals surface area contributed by atoms with Crippen LogP contribution in [0.15, 0.2) is 33.9 Å². The van der Waals surface area contributed by atoms with Gasteiger partial charge in [0.1, 0.15) is 5.75 Å². The second kappa shape index (κ2) is 14.0. The van der Waals surface area contributed by atoms with Crippen LogP contribution in [0.5, 0.6) is 5.75 Å². The Hall–Kier alpha value is -3.60. The summed E-state index contributed by atoms with van der Waals surface area (Å²) < 4.78 is 10.7. The Kier molecular flexibility index (Phi) is 9.99. The van der Waals surface area contributed by atoms with E-state index in [2.05, 4.69) is 15.1 Å². The van der Waals surface area contributed by atoms with E-state index in [1.807, 2.05) is 42.7 Å². The lowest BCUT2D eigenvalue weighted by atomic mass is 10.1. The number of hydrogen-bond donors (Lipinski definition) is 1. The van der Waals surface area contributed by atoms with Crippen LogP contribution in [0.1, 0.15) is 57.9 Å². The predicted molar refractivity (Wildman–Crippen MR) is 165 cm³/mol. The first-order valence-corrected chi connectivity index (χ1v) is 15.7. The van der Waals surface area contributed by atoms with Crippen LogP contribution in [0.2, 0.25) is 0 Å². The van der Waals surface area contributed by atoms with Crippen LogP contribution in [0.4, 0.5) is 5.95 Å². The monoisotopic (exact) mass is 579 g/mol. The molecule has 2 aliphatic rings. The molecule has 42 heavy (non-hydrogen) atoms. The maximum absolute atomic E-state index is 13.4. The Morgan fingerprint density at radius 3 is 2.38 bits per heavy atom. The van der Waals surface area contributed by atoms with Gasteiger partial charge in [-0.1, -0.05) is 26.0 Å². The molecule has 1 fully saturated rings. The number of rotatable bonds is 14. The lowest BCUT2D eigenvalue weighted by Gasteiger charge is -2.29. The van der Waals surface area contributed by atoms with E-state index in [9.17, 15) is 14.4 Å². The largest absolute Gasteiger partial charge is 0.484 e. The van der Waals surface area contributed by atoms with E-state index in [4.69, 9.17) is 9.72 Å². The summed E-state index contributed by atoms with van der Waals surface area (Å²) in [6.07, 6.45) is 6.74. The number of hydrogen-bond acceptors (Lipinski definition) is 7. The highest BCUT2D eigenvalue weighted by Gasteiger charge is 2.26.